The Morgan fingerprint density at radius 3 is 2.39 bits per heavy atom. The Hall–Kier alpha value is -3.58. The highest BCUT2D eigenvalue weighted by Crippen LogP contribution is 2.20. The molecule has 0 saturated carbocycles. The van der Waals surface area contributed by atoms with Gasteiger partial charge in [-0.25, -0.2) is 4.98 Å². The predicted molar refractivity (Wildman–Crippen MR) is 132 cm³/mol. The Bertz CT molecular complexity index is 1190. The van der Waals surface area contributed by atoms with Gasteiger partial charge < -0.3 is 15.0 Å². The number of ether oxygens (including phenoxy) is 1. The van der Waals surface area contributed by atoms with E-state index in [4.69, 9.17) is 4.74 Å². The van der Waals surface area contributed by atoms with Crippen LogP contribution in [0.1, 0.15) is 34.2 Å². The van der Waals surface area contributed by atoms with Crippen molar-refractivity contribution in [2.45, 2.75) is 12.5 Å². The van der Waals surface area contributed by atoms with Crippen molar-refractivity contribution in [3.63, 3.8) is 0 Å². The molecule has 0 fully saturated rings. The van der Waals surface area contributed by atoms with E-state index >= 15 is 0 Å². The van der Waals surface area contributed by atoms with Gasteiger partial charge in [0.25, 0.3) is 5.91 Å². The largest absolute Gasteiger partial charge is 0.484 e. The Kier molecular flexibility index (Phi) is 7.42. The number of hydrogen-bond acceptors (Lipinski definition) is 5. The van der Waals surface area contributed by atoms with Gasteiger partial charge in [-0.15, -0.1) is 0 Å². The SMILES string of the molecule is CSCC[C@@H](NC(=O)COc1ccc(C(=O)c2ccccc2)cc1)c1nc2ccccc2[nH]1. The Labute approximate surface area is 196 Å². The summed E-state index contributed by atoms with van der Waals surface area (Å²) in [5.74, 6) is 1.87. The van der Waals surface area contributed by atoms with Gasteiger partial charge in [-0.05, 0) is 54.8 Å². The van der Waals surface area contributed by atoms with Gasteiger partial charge in [0.2, 0.25) is 0 Å². The van der Waals surface area contributed by atoms with Crippen molar-refractivity contribution >= 4 is 34.5 Å². The number of benzene rings is 3. The third kappa shape index (κ3) is 5.81. The second-order valence-electron chi connectivity index (χ2n) is 7.55. The lowest BCUT2D eigenvalue weighted by Crippen LogP contribution is -2.33. The number of H-pyrrole nitrogens is 1. The van der Waals surface area contributed by atoms with Crippen molar-refractivity contribution in [2.24, 2.45) is 0 Å². The van der Waals surface area contributed by atoms with Gasteiger partial charge in [0.1, 0.15) is 11.6 Å². The molecule has 0 saturated heterocycles. The number of carbonyl (C=O) groups excluding carboxylic acids is 2. The third-order valence-electron chi connectivity index (χ3n) is 5.21. The summed E-state index contributed by atoms with van der Waals surface area (Å²) in [7, 11) is 0. The molecule has 7 heteroatoms. The fourth-order valence-electron chi connectivity index (χ4n) is 3.49. The molecule has 3 aromatic carbocycles. The molecule has 4 rings (SSSR count). The smallest absolute Gasteiger partial charge is 0.258 e. The molecule has 2 N–H and O–H groups in total. The molecular formula is C26H25N3O3S. The lowest BCUT2D eigenvalue weighted by atomic mass is 10.0. The van der Waals surface area contributed by atoms with Crippen LogP contribution in [0.4, 0.5) is 0 Å². The molecule has 168 valence electrons. The molecule has 1 heterocycles. The summed E-state index contributed by atoms with van der Waals surface area (Å²) in [6.45, 7) is -0.123. The lowest BCUT2D eigenvalue weighted by Gasteiger charge is -2.16. The first-order valence-electron chi connectivity index (χ1n) is 10.7. The van der Waals surface area contributed by atoms with E-state index in [0.29, 0.717) is 16.9 Å². The fourth-order valence-corrected chi connectivity index (χ4v) is 3.97. The quantitative estimate of drug-likeness (QED) is 0.333. The molecule has 1 atom stereocenters. The maximum atomic E-state index is 12.6. The first-order chi connectivity index (χ1) is 16.1. The van der Waals surface area contributed by atoms with E-state index in [-0.39, 0.29) is 24.3 Å². The number of rotatable bonds is 10. The van der Waals surface area contributed by atoms with E-state index in [1.54, 1.807) is 48.2 Å². The topological polar surface area (TPSA) is 84.1 Å². The van der Waals surface area contributed by atoms with Crippen molar-refractivity contribution in [1.82, 2.24) is 15.3 Å². The van der Waals surface area contributed by atoms with E-state index in [0.717, 1.165) is 29.0 Å². The van der Waals surface area contributed by atoms with Gasteiger partial charge in [-0.2, -0.15) is 11.8 Å². The zero-order chi connectivity index (χ0) is 23.0. The Balaban J connectivity index is 1.36. The van der Waals surface area contributed by atoms with Gasteiger partial charge in [-0.3, -0.25) is 9.59 Å². The minimum Gasteiger partial charge on any atom is -0.484 e. The summed E-state index contributed by atoms with van der Waals surface area (Å²) in [6.07, 6.45) is 2.79. The van der Waals surface area contributed by atoms with E-state index in [1.165, 1.54) is 0 Å². The average molecular weight is 460 g/mol. The Morgan fingerprint density at radius 2 is 1.67 bits per heavy atom. The van der Waals surface area contributed by atoms with Crippen molar-refractivity contribution in [3.05, 3.63) is 95.8 Å². The standard InChI is InChI=1S/C26H25N3O3S/c1-33-16-15-23(26-28-21-9-5-6-10-22(21)29-26)27-24(30)17-32-20-13-11-19(12-14-20)25(31)18-7-3-2-4-8-18/h2-14,23H,15-17H2,1H3,(H,27,30)(H,28,29)/t23-/m1/s1. The predicted octanol–water partition coefficient (Wildman–Crippen LogP) is 4.78. The Morgan fingerprint density at radius 1 is 0.970 bits per heavy atom. The molecule has 4 aromatic rings. The minimum atomic E-state index is -0.231. The summed E-state index contributed by atoms with van der Waals surface area (Å²) in [5.41, 5.74) is 3.02. The molecule has 0 radical (unpaired) electrons. The van der Waals surface area contributed by atoms with Crippen molar-refractivity contribution < 1.29 is 14.3 Å². The van der Waals surface area contributed by atoms with Crippen molar-refractivity contribution in [1.29, 1.82) is 0 Å². The van der Waals surface area contributed by atoms with Crippen LogP contribution in [0.2, 0.25) is 0 Å². The van der Waals surface area contributed by atoms with Gasteiger partial charge in [0.05, 0.1) is 17.1 Å². The summed E-state index contributed by atoms with van der Waals surface area (Å²) in [5, 5.41) is 3.03. The van der Waals surface area contributed by atoms with E-state index in [2.05, 4.69) is 15.3 Å². The van der Waals surface area contributed by atoms with Gasteiger partial charge >= 0.3 is 0 Å². The molecular weight excluding hydrogens is 434 g/mol. The number of aromatic nitrogens is 2. The van der Waals surface area contributed by atoms with Gasteiger partial charge in [-0.1, -0.05) is 42.5 Å². The summed E-state index contributed by atoms with van der Waals surface area (Å²) >= 11 is 1.72. The van der Waals surface area contributed by atoms with Crippen LogP contribution in [0.3, 0.4) is 0 Å². The number of imidazole rings is 1. The summed E-state index contributed by atoms with van der Waals surface area (Å²) < 4.78 is 5.65. The van der Waals surface area contributed by atoms with E-state index in [9.17, 15) is 9.59 Å². The van der Waals surface area contributed by atoms with Crippen LogP contribution in [0, 0.1) is 0 Å². The molecule has 0 aliphatic heterocycles. The monoisotopic (exact) mass is 459 g/mol. The maximum absolute atomic E-state index is 12.6. The fraction of sp³-hybridized carbons (Fsp3) is 0.192. The van der Waals surface area contributed by atoms with Crippen molar-refractivity contribution in [2.75, 3.05) is 18.6 Å². The molecule has 33 heavy (non-hydrogen) atoms. The van der Waals surface area contributed by atoms with Crippen LogP contribution in [0.15, 0.2) is 78.9 Å². The van der Waals surface area contributed by atoms with E-state index < -0.39 is 0 Å². The number of hydrogen-bond donors (Lipinski definition) is 2. The second-order valence-corrected chi connectivity index (χ2v) is 8.53. The van der Waals surface area contributed by atoms with E-state index in [1.807, 2.05) is 48.7 Å². The first kappa shape index (κ1) is 22.6. The first-order valence-corrected chi connectivity index (χ1v) is 12.1. The van der Waals surface area contributed by atoms with Crippen LogP contribution in [-0.2, 0) is 4.79 Å². The molecule has 0 bridgehead atoms. The minimum absolute atomic E-state index is 0.0534. The number of ketones is 1. The third-order valence-corrected chi connectivity index (χ3v) is 5.85. The summed E-state index contributed by atoms with van der Waals surface area (Å²) in [6, 6.07) is 23.5. The number of nitrogens with zero attached hydrogens (tertiary/aromatic N) is 1. The lowest BCUT2D eigenvalue weighted by molar-refractivity contribution is -0.123. The maximum Gasteiger partial charge on any atom is 0.258 e. The molecule has 0 aliphatic carbocycles. The number of fused-ring (bicyclic) bond motifs is 1. The van der Waals surface area contributed by atoms with Crippen LogP contribution >= 0.6 is 11.8 Å². The number of aromatic amines is 1. The summed E-state index contributed by atoms with van der Waals surface area (Å²) in [4.78, 5) is 33.1. The van der Waals surface area contributed by atoms with Crippen LogP contribution in [-0.4, -0.2) is 40.3 Å². The van der Waals surface area contributed by atoms with Gasteiger partial charge in [0.15, 0.2) is 12.4 Å². The zero-order valence-electron chi connectivity index (χ0n) is 18.3. The van der Waals surface area contributed by atoms with Crippen LogP contribution < -0.4 is 10.1 Å². The average Bonchev–Trinajstić information content (AvgIpc) is 3.30. The highest BCUT2D eigenvalue weighted by atomic mass is 32.2. The van der Waals surface area contributed by atoms with Gasteiger partial charge in [0, 0.05) is 11.1 Å². The number of nitrogens with one attached hydrogen (secondary N) is 2. The molecule has 0 aliphatic rings. The number of carbonyl (C=O) groups is 2. The number of thioether (sulfide) groups is 1. The molecule has 0 unspecified atom stereocenters. The highest BCUT2D eigenvalue weighted by Gasteiger charge is 2.18. The van der Waals surface area contributed by atoms with Crippen LogP contribution in [0.5, 0.6) is 5.75 Å². The normalized spacial score (nSPS) is 11.8. The number of amides is 1. The van der Waals surface area contributed by atoms with Crippen LogP contribution in [0.25, 0.3) is 11.0 Å². The number of para-hydroxylation sites is 2. The molecule has 1 aromatic heterocycles. The highest BCUT2D eigenvalue weighted by molar-refractivity contribution is 7.98. The molecule has 6 nitrogen and oxygen atoms in total. The second kappa shape index (κ2) is 10.8. The van der Waals surface area contributed by atoms with Crippen molar-refractivity contribution in [3.8, 4) is 5.75 Å². The molecule has 1 amide bonds. The zero-order valence-corrected chi connectivity index (χ0v) is 19.1. The molecule has 0 spiro atoms.